The van der Waals surface area contributed by atoms with Gasteiger partial charge in [-0.15, -0.1) is 0 Å². The summed E-state index contributed by atoms with van der Waals surface area (Å²) in [6.45, 7) is 0. The van der Waals surface area contributed by atoms with Crippen molar-refractivity contribution in [1.82, 2.24) is 6.15 Å². The molecule has 3 N–H and O–H groups in total. The summed E-state index contributed by atoms with van der Waals surface area (Å²) in [5.74, 6) is 0. The molecule has 0 aliphatic rings. The topological polar surface area (TPSA) is 106 Å². The molecule has 0 amide bonds. The van der Waals surface area contributed by atoms with Crippen molar-refractivity contribution in [3.63, 3.8) is 0 Å². The molecule has 38 valence electrons. The third-order valence-corrected chi connectivity index (χ3v) is 2.60. The van der Waals surface area contributed by atoms with Crippen molar-refractivity contribution in [2.75, 3.05) is 0 Å². The van der Waals surface area contributed by atoms with E-state index in [1.165, 1.54) is 0 Å². The van der Waals surface area contributed by atoms with E-state index in [-0.39, 0.29) is 6.15 Å². The third-order valence-electron chi connectivity index (χ3n) is 0.387. The molecule has 0 aliphatic carbocycles. The molecular weight excluding hydrogens is 207 g/mol. The van der Waals surface area contributed by atoms with Crippen molar-refractivity contribution in [3.8, 4) is 11.5 Å². The first kappa shape index (κ1) is 10.3. The fraction of sp³-hybridized carbons (Fsp3) is 0. The second kappa shape index (κ2) is 6.30. The van der Waals surface area contributed by atoms with E-state index in [1.807, 2.05) is 0 Å². The Hall–Kier alpha value is -0.700. The van der Waals surface area contributed by atoms with Gasteiger partial charge in [0, 0.05) is 0 Å². The van der Waals surface area contributed by atoms with E-state index >= 15 is 0 Å². The summed E-state index contributed by atoms with van der Waals surface area (Å²) in [6.07, 6.45) is 0. The van der Waals surface area contributed by atoms with Gasteiger partial charge in [0.2, 0.25) is 0 Å². The average Bonchev–Trinajstić information content (AvgIpc) is 1.72. The predicted molar refractivity (Wildman–Crippen MR) is 27.6 cm³/mol. The minimum atomic E-state index is -2.85. The molecule has 0 heterocycles. The van der Waals surface area contributed by atoms with Gasteiger partial charge in [0.25, 0.3) is 0 Å². The van der Waals surface area contributed by atoms with E-state index in [1.54, 1.807) is 11.5 Å². The standard InChI is InChI=1S/3CN.In.H3N/c3*1-2;;/h;;;;1H3. The minimum absolute atomic E-state index is 0. The van der Waals surface area contributed by atoms with Crippen LogP contribution >= 0.6 is 0 Å². The SMILES string of the molecule is N.N#[C][In]([C]#N)[C]#N. The summed E-state index contributed by atoms with van der Waals surface area (Å²) in [5.41, 5.74) is 0. The molecule has 4 nitrogen and oxygen atoms in total. The van der Waals surface area contributed by atoms with Crippen LogP contribution in [0.25, 0.3) is 0 Å². The Morgan fingerprint density at radius 3 is 1.12 bits per heavy atom. The zero-order valence-electron chi connectivity index (χ0n) is 4.13. The van der Waals surface area contributed by atoms with Crippen LogP contribution in [0.4, 0.5) is 0 Å². The first-order valence-corrected chi connectivity index (χ1v) is 6.48. The molecule has 0 rings (SSSR count). The number of rotatable bonds is 0. The maximum atomic E-state index is 7.92. The van der Waals surface area contributed by atoms with Crippen LogP contribution in [0, 0.1) is 27.3 Å². The van der Waals surface area contributed by atoms with Gasteiger partial charge in [0.15, 0.2) is 0 Å². The van der Waals surface area contributed by atoms with Crippen molar-refractivity contribution < 1.29 is 0 Å². The molecule has 0 saturated heterocycles. The van der Waals surface area contributed by atoms with Crippen molar-refractivity contribution in [3.05, 3.63) is 0 Å². The van der Waals surface area contributed by atoms with Crippen LogP contribution < -0.4 is 6.15 Å². The summed E-state index contributed by atoms with van der Waals surface area (Å²) in [7, 11) is 0. The number of nitriles is 3. The Kier molecular flexibility index (Phi) is 8.12. The average molecular weight is 210 g/mol. The first-order chi connectivity index (χ1) is 3.35. The molecule has 0 spiro atoms. The van der Waals surface area contributed by atoms with Gasteiger partial charge < -0.3 is 6.15 Å². The fourth-order valence-corrected chi connectivity index (χ4v) is 0.581. The molecule has 0 fully saturated rings. The molecule has 0 aromatic carbocycles. The molecule has 0 aromatic rings. The molecule has 5 heteroatoms. The van der Waals surface area contributed by atoms with E-state index in [9.17, 15) is 0 Å². The van der Waals surface area contributed by atoms with Crippen LogP contribution in [0.5, 0.6) is 0 Å². The summed E-state index contributed by atoms with van der Waals surface area (Å²) in [6, 6.07) is 0. The van der Waals surface area contributed by atoms with Gasteiger partial charge >= 0.3 is 48.7 Å². The van der Waals surface area contributed by atoms with Gasteiger partial charge in [-0.2, -0.15) is 0 Å². The molecule has 0 radical (unpaired) electrons. The quantitative estimate of drug-likeness (QED) is 0.598. The van der Waals surface area contributed by atoms with Gasteiger partial charge in [-0.25, -0.2) is 0 Å². The molecule has 8 heavy (non-hydrogen) atoms. The van der Waals surface area contributed by atoms with E-state index < -0.39 is 21.4 Å². The van der Waals surface area contributed by atoms with Crippen LogP contribution in [0.3, 0.4) is 0 Å². The number of hydrogen-bond donors (Lipinski definition) is 1. The van der Waals surface area contributed by atoms with Crippen LogP contribution in [0.1, 0.15) is 0 Å². The van der Waals surface area contributed by atoms with Crippen molar-refractivity contribution in [2.45, 2.75) is 0 Å². The van der Waals surface area contributed by atoms with Crippen molar-refractivity contribution in [1.29, 1.82) is 15.8 Å². The summed E-state index contributed by atoms with van der Waals surface area (Å²) in [5, 5.41) is 23.8. The molecule has 0 unspecified atom stereocenters. The monoisotopic (exact) mass is 210 g/mol. The second-order valence-corrected chi connectivity index (χ2v) is 5.50. The van der Waals surface area contributed by atoms with Crippen LogP contribution in [-0.4, -0.2) is 21.4 Å². The predicted octanol–water partition coefficient (Wildman–Crippen LogP) is -0.168. The van der Waals surface area contributed by atoms with Crippen molar-refractivity contribution in [2.24, 2.45) is 0 Å². The maximum absolute atomic E-state index is 7.92. The zero-order valence-corrected chi connectivity index (χ0v) is 7.42. The van der Waals surface area contributed by atoms with E-state index in [0.717, 1.165) is 0 Å². The van der Waals surface area contributed by atoms with E-state index in [4.69, 9.17) is 15.8 Å². The Labute approximate surface area is 55.1 Å². The van der Waals surface area contributed by atoms with Gasteiger partial charge in [-0.05, 0) is 0 Å². The van der Waals surface area contributed by atoms with E-state index in [0.29, 0.717) is 0 Å². The Bertz CT molecular complexity index is 134. The summed E-state index contributed by atoms with van der Waals surface area (Å²) < 4.78 is 5.07. The molecule has 0 aromatic heterocycles. The zero-order chi connectivity index (χ0) is 5.70. The first-order valence-electron chi connectivity index (χ1n) is 1.54. The molecule has 0 aliphatic heterocycles. The van der Waals surface area contributed by atoms with Gasteiger partial charge in [0.1, 0.15) is 0 Å². The number of hydrogen-bond acceptors (Lipinski definition) is 4. The summed E-state index contributed by atoms with van der Waals surface area (Å²) in [4.78, 5) is 0. The fourth-order valence-electron chi connectivity index (χ4n) is 0.0866. The van der Waals surface area contributed by atoms with E-state index in [2.05, 4.69) is 0 Å². The van der Waals surface area contributed by atoms with Crippen molar-refractivity contribution >= 4 is 21.4 Å². The normalized spacial score (nSPS) is 4.12. The van der Waals surface area contributed by atoms with Crippen LogP contribution in [-0.2, 0) is 0 Å². The Balaban J connectivity index is 0. The van der Waals surface area contributed by atoms with Crippen LogP contribution in [0.15, 0.2) is 0 Å². The van der Waals surface area contributed by atoms with Crippen LogP contribution in [0.2, 0.25) is 0 Å². The number of nitrogens with zero attached hydrogens (tertiary/aromatic N) is 3. The Morgan fingerprint density at radius 1 is 0.875 bits per heavy atom. The van der Waals surface area contributed by atoms with Gasteiger partial charge in [-0.3, -0.25) is 0 Å². The molecular formula is C3H3InN4. The second-order valence-electron chi connectivity index (χ2n) is 0.820. The molecule has 0 bridgehead atoms. The van der Waals surface area contributed by atoms with Gasteiger partial charge in [-0.1, -0.05) is 0 Å². The van der Waals surface area contributed by atoms with Gasteiger partial charge in [0.05, 0.1) is 0 Å². The molecule has 0 saturated carbocycles. The summed E-state index contributed by atoms with van der Waals surface area (Å²) >= 11 is -2.85. The third kappa shape index (κ3) is 3.49. The Morgan fingerprint density at radius 2 is 1.12 bits per heavy atom. The molecule has 0 atom stereocenters.